The summed E-state index contributed by atoms with van der Waals surface area (Å²) in [6.07, 6.45) is -0.311. The molecule has 2 heterocycles. The van der Waals surface area contributed by atoms with Crippen molar-refractivity contribution in [2.45, 2.75) is 26.0 Å². The number of para-hydroxylation sites is 2. The number of fused-ring (bicyclic) bond motifs is 2. The summed E-state index contributed by atoms with van der Waals surface area (Å²) in [5.41, 5.74) is -6.19. The zero-order chi connectivity index (χ0) is 65.5. The van der Waals surface area contributed by atoms with E-state index in [1.807, 2.05) is 0 Å². The number of azo groups is 2. The van der Waals surface area contributed by atoms with Crippen LogP contribution in [0.5, 0.6) is 11.5 Å². The number of nitrogens with one attached hydrogen (secondary N) is 4. The Kier molecular flexibility index (Phi) is 25.5. The predicted octanol–water partition coefficient (Wildman–Crippen LogP) is -7.37. The number of benzene rings is 8. The van der Waals surface area contributed by atoms with Crippen molar-refractivity contribution in [2.24, 2.45) is 40.4 Å². The molecule has 0 bridgehead atoms. The number of nitrogens with zero attached hydrogens (tertiary/aromatic N) is 10. The maximum atomic E-state index is 14.4. The molecule has 0 atom stereocenters. The summed E-state index contributed by atoms with van der Waals surface area (Å²) in [4.78, 5) is 56.4. The zero-order valence-electron chi connectivity index (χ0n) is 48.8. The predicted molar refractivity (Wildman–Crippen MR) is 308 cm³/mol. The summed E-state index contributed by atoms with van der Waals surface area (Å²) in [5, 5.41) is 66.1. The number of hydrogen-bond donors (Lipinski definition) is 8. The fourth-order valence-corrected chi connectivity index (χ4v) is 11.4. The monoisotopic (exact) mass is 1440 g/mol. The quantitative estimate of drug-likeness (QED) is 0.0253. The van der Waals surface area contributed by atoms with Gasteiger partial charge in [-0.1, -0.05) is 60.0 Å². The van der Waals surface area contributed by atoms with Gasteiger partial charge in [-0.15, -0.1) is 20.5 Å². The first-order chi connectivity index (χ1) is 42.9. The van der Waals surface area contributed by atoms with Crippen molar-refractivity contribution < 1.29 is 200 Å². The standard InChI is InChI=1S/C53H36Cl2N14O18S4.4Na/c54-48-60-50(56-28-7-3-1-4-8-28)64-52(62-48)58-36-22-30(88(76,77)78)18-26-20-38(90(82,83)84)42(44(70)40(26)36)68-66-34-13-11-24(16-32(34)46(72)73)15-25-12-14-35(33(17-25)47(74)75)67-69-43-39(91(85,86)87)21-27-19-31(89(79,80)81)23-37(41(27)45(43)71)59-53-63-49(55)61-51(65-53)57-29-9-5-2-6-10-29;;;;/h1-14,16-23,70-71H,15H2,(H,72,73)(H,74,75)(H,76,77,78)(H,79,80,81)(H,82,83,84)(H,85,86,87)(H2,56,58,60,62,64)(H2,57,59,61,63,65);;;;/q;4*+1/p-4. The van der Waals surface area contributed by atoms with Crippen molar-refractivity contribution >= 4 is 143 Å². The van der Waals surface area contributed by atoms with E-state index in [1.54, 1.807) is 60.7 Å². The minimum atomic E-state index is -5.47. The Morgan fingerprint density at radius 1 is 0.442 bits per heavy atom. The second-order valence-corrected chi connectivity index (χ2v) is 25.0. The molecule has 0 unspecified atom stereocenters. The average molecular weight is 1440 g/mol. The molecule has 0 aliphatic heterocycles. The van der Waals surface area contributed by atoms with E-state index in [9.17, 15) is 81.9 Å². The number of hydrogen-bond acceptors (Lipinski definition) is 24. The van der Waals surface area contributed by atoms with Crippen LogP contribution in [0.25, 0.3) is 21.5 Å². The van der Waals surface area contributed by atoms with Crippen LogP contribution in [0.4, 0.5) is 45.5 Å². The van der Waals surface area contributed by atoms with Gasteiger partial charge >= 0.3 is 118 Å². The summed E-state index contributed by atoms with van der Waals surface area (Å²) in [6.45, 7) is 0. The Morgan fingerprint density at radius 2 is 0.800 bits per heavy atom. The first-order valence-electron chi connectivity index (χ1n) is 24.9. The van der Waals surface area contributed by atoms with E-state index in [-0.39, 0.29) is 169 Å². The Labute approximate surface area is 631 Å². The Balaban J connectivity index is 0.00000357. The van der Waals surface area contributed by atoms with E-state index < -0.39 is 150 Å². The van der Waals surface area contributed by atoms with Crippen molar-refractivity contribution in [3.05, 3.63) is 189 Å². The first kappa shape index (κ1) is 77.5. The average Bonchev–Trinajstić information content (AvgIpc) is 0.754. The molecule has 0 spiro atoms. The van der Waals surface area contributed by atoms with Gasteiger partial charge in [0.1, 0.15) is 9.79 Å². The van der Waals surface area contributed by atoms with Crippen LogP contribution in [-0.4, -0.2) is 93.7 Å². The van der Waals surface area contributed by atoms with Gasteiger partial charge in [-0.2, -0.15) is 43.6 Å². The molecular formula is C53H32Cl2N14Na4O18S4. The summed E-state index contributed by atoms with van der Waals surface area (Å²) in [7, 11) is -21.2. The third-order valence-electron chi connectivity index (χ3n) is 12.6. The van der Waals surface area contributed by atoms with Crippen molar-refractivity contribution in [2.75, 3.05) is 0 Å². The van der Waals surface area contributed by atoms with Gasteiger partial charge in [0.25, 0.3) is 40.5 Å². The topological polar surface area (TPSA) is 532 Å². The van der Waals surface area contributed by atoms with Crippen LogP contribution < -0.4 is 161 Å². The van der Waals surface area contributed by atoms with Gasteiger partial charge < -0.3 is 40.0 Å². The number of aromatic amines is 4. The second-order valence-electron chi connectivity index (χ2n) is 18.7. The summed E-state index contributed by atoms with van der Waals surface area (Å²) in [6, 6.07) is 27.0. The minimum absolute atomic E-state index is 0. The summed E-state index contributed by atoms with van der Waals surface area (Å²) < 4.78 is 142. The van der Waals surface area contributed by atoms with Gasteiger partial charge in [0.15, 0.2) is 0 Å². The molecular weight excluding hydrogens is 1410 g/mol. The minimum Gasteiger partial charge on any atom is -0.870 e. The van der Waals surface area contributed by atoms with Gasteiger partial charge in [-0.05, 0) is 136 Å². The van der Waals surface area contributed by atoms with Crippen LogP contribution in [0, 0.1) is 0 Å². The van der Waals surface area contributed by atoms with Gasteiger partial charge in [0.05, 0.1) is 67.2 Å². The molecule has 464 valence electrons. The van der Waals surface area contributed by atoms with Gasteiger partial charge in [0, 0.05) is 21.9 Å². The Hall–Kier alpha value is -6.54. The Bertz CT molecular complexity index is 5280. The van der Waals surface area contributed by atoms with E-state index >= 15 is 0 Å². The van der Waals surface area contributed by atoms with Crippen molar-refractivity contribution in [1.29, 1.82) is 0 Å². The van der Waals surface area contributed by atoms with E-state index in [4.69, 9.17) is 23.2 Å². The third-order valence-corrected chi connectivity index (χ3v) is 16.3. The molecule has 8 aromatic carbocycles. The third kappa shape index (κ3) is 18.6. The molecule has 32 nitrogen and oxygen atoms in total. The molecule has 0 aliphatic carbocycles. The van der Waals surface area contributed by atoms with Crippen LogP contribution in [0.3, 0.4) is 0 Å². The maximum absolute atomic E-state index is 14.4. The normalized spacial score (nSPS) is 12.8. The fourth-order valence-electron chi connectivity index (χ4n) is 8.71. The van der Waals surface area contributed by atoms with Crippen LogP contribution >= 0.6 is 23.2 Å². The molecule has 8 N–H and O–H groups in total. The van der Waals surface area contributed by atoms with Crippen LogP contribution in [0.2, 0.25) is 10.6 Å². The van der Waals surface area contributed by atoms with E-state index in [0.29, 0.717) is 35.6 Å². The molecule has 0 radical (unpaired) electrons. The van der Waals surface area contributed by atoms with Crippen molar-refractivity contribution in [3.8, 4) is 11.5 Å². The molecule has 0 aliphatic rings. The first-order valence-corrected chi connectivity index (χ1v) is 31.4. The molecule has 0 amide bonds. The number of carbonyl (C=O) groups excluding carboxylic acids is 2. The number of H-pyrrole nitrogens is 4. The largest absolute Gasteiger partial charge is 1.00 e. The number of aromatic carboxylic acids is 2. The molecule has 10 rings (SSSR count). The smallest absolute Gasteiger partial charge is 0.870 e. The summed E-state index contributed by atoms with van der Waals surface area (Å²) >= 11 is 12.4. The van der Waals surface area contributed by atoms with Crippen molar-refractivity contribution in [3.63, 3.8) is 0 Å². The molecule has 2 aromatic heterocycles. The van der Waals surface area contributed by atoms with Crippen LogP contribution in [0.15, 0.2) is 193 Å². The number of carboxylic acids is 2. The van der Waals surface area contributed by atoms with Crippen molar-refractivity contribution in [1.82, 2.24) is 29.9 Å². The number of rotatable bonds is 16. The number of halogens is 2. The van der Waals surface area contributed by atoms with Gasteiger partial charge in [-0.3, -0.25) is 28.2 Å². The van der Waals surface area contributed by atoms with E-state index in [2.05, 4.69) is 70.3 Å². The maximum Gasteiger partial charge on any atom is 1.00 e. The number of aromatic nitrogens is 6. The molecule has 0 saturated heterocycles. The van der Waals surface area contributed by atoms with E-state index in [1.165, 1.54) is 12.1 Å². The number of carboxylic acid groups (broad SMARTS) is 2. The van der Waals surface area contributed by atoms with Gasteiger partial charge in [0.2, 0.25) is 33.0 Å². The van der Waals surface area contributed by atoms with Crippen LogP contribution in [0.1, 0.15) is 31.8 Å². The molecule has 10 aromatic rings. The zero-order valence-corrected chi connectivity index (χ0v) is 61.6. The molecule has 42 heteroatoms. The SMILES string of the molecule is O=C([O-])c1cc(Cc2ccc(N=Nc3c(S(=O)(=O)O)cc4cc(S(=O)(=O)O)cc(N=c5[nH]c(Cl)nc(=Nc6ccccc6)[nH]5)c4c3[O-])c(C(=O)[O-])c2)ccc1N=Nc1c(S(=O)(=O)O)cc2cc(S(=O)(=O)O)cc(N=c3[nH]c(Cl)nc(=Nc4ccccc4)[nH]3)c2c1[O-].[Na+].[Na+].[Na+].[Na+]. The van der Waals surface area contributed by atoms with E-state index in [0.717, 1.165) is 36.4 Å². The Morgan fingerprint density at radius 3 is 1.13 bits per heavy atom. The second kappa shape index (κ2) is 31.3. The van der Waals surface area contributed by atoms with Crippen LogP contribution in [-0.2, 0) is 46.9 Å². The van der Waals surface area contributed by atoms with Gasteiger partial charge in [-0.25, -0.2) is 20.0 Å². The summed E-state index contributed by atoms with van der Waals surface area (Å²) in [5.74, 6) is -6.62. The number of carbonyl (C=O) groups is 2. The fraction of sp³-hybridized carbons (Fsp3) is 0.0189. The molecule has 0 fully saturated rings. The molecule has 95 heavy (non-hydrogen) atoms. The molecule has 0 saturated carbocycles.